The van der Waals surface area contributed by atoms with Crippen molar-refractivity contribution < 1.29 is 9.53 Å². The molecule has 0 aliphatic heterocycles. The minimum Gasteiger partial charge on any atom is -0.462 e. The molecule has 0 aromatic heterocycles. The summed E-state index contributed by atoms with van der Waals surface area (Å²) < 4.78 is 4.75. The Kier molecular flexibility index (Phi) is 4.48. The summed E-state index contributed by atoms with van der Waals surface area (Å²) in [7, 11) is 0. The van der Waals surface area contributed by atoms with Crippen LogP contribution in [0.5, 0.6) is 0 Å². The summed E-state index contributed by atoms with van der Waals surface area (Å²) in [6.45, 7) is 4.19. The maximum atomic E-state index is 11.1. The van der Waals surface area contributed by atoms with Crippen LogP contribution < -0.4 is 0 Å². The first-order valence-electron chi connectivity index (χ1n) is 5.75. The van der Waals surface area contributed by atoms with Crippen LogP contribution in [0.1, 0.15) is 39.5 Å². The van der Waals surface area contributed by atoms with E-state index in [0.29, 0.717) is 12.5 Å². The van der Waals surface area contributed by atoms with Crippen molar-refractivity contribution in [2.45, 2.75) is 45.1 Å². The quantitative estimate of drug-likeness (QED) is 0.542. The molecule has 0 radical (unpaired) electrons. The number of rotatable bonds is 3. The highest BCUT2D eigenvalue weighted by Gasteiger charge is 2.34. The van der Waals surface area contributed by atoms with E-state index in [0.717, 1.165) is 31.9 Å². The molecule has 0 N–H and O–H groups in total. The summed E-state index contributed by atoms with van der Waals surface area (Å²) in [6.07, 6.45) is 4.77. The van der Waals surface area contributed by atoms with Crippen molar-refractivity contribution in [3.8, 4) is 6.07 Å². The van der Waals surface area contributed by atoms with Gasteiger partial charge in [-0.25, -0.2) is 4.79 Å². The molecule has 4 heteroatoms. The smallest absolute Gasteiger partial charge is 0.348 e. The maximum absolute atomic E-state index is 11.1. The van der Waals surface area contributed by atoms with Gasteiger partial charge >= 0.3 is 5.97 Å². The van der Waals surface area contributed by atoms with Crippen molar-refractivity contribution in [3.05, 3.63) is 0 Å². The predicted molar refractivity (Wildman–Crippen MR) is 61.1 cm³/mol. The molecule has 1 saturated carbocycles. The number of carbonyl (C=O) groups is 1. The van der Waals surface area contributed by atoms with Crippen LogP contribution >= 0.6 is 0 Å². The number of hydrogen-bond acceptors (Lipinski definition) is 4. The van der Waals surface area contributed by atoms with Crippen molar-refractivity contribution in [1.29, 1.82) is 5.26 Å². The fourth-order valence-electron chi connectivity index (χ4n) is 2.13. The monoisotopic (exact) mass is 222 g/mol. The first-order chi connectivity index (χ1) is 7.62. The lowest BCUT2D eigenvalue weighted by molar-refractivity contribution is -0.134. The molecule has 0 saturated heterocycles. The highest BCUT2D eigenvalue weighted by molar-refractivity contribution is 6.23. The van der Waals surface area contributed by atoms with E-state index in [-0.39, 0.29) is 0 Å². The Hall–Kier alpha value is -1.37. The molecular formula is C12H18N2O2. The fraction of sp³-hybridized carbons (Fsp3) is 0.750. The second-order valence-electron chi connectivity index (χ2n) is 4.36. The summed E-state index contributed by atoms with van der Waals surface area (Å²) in [5.41, 5.74) is -0.704. The molecule has 88 valence electrons. The highest BCUT2D eigenvalue weighted by atomic mass is 16.5. The largest absolute Gasteiger partial charge is 0.462 e. The maximum Gasteiger partial charge on any atom is 0.348 e. The Balaban J connectivity index is 2.67. The molecule has 0 bridgehead atoms. The highest BCUT2D eigenvalue weighted by Crippen LogP contribution is 2.34. The zero-order valence-corrected chi connectivity index (χ0v) is 9.90. The van der Waals surface area contributed by atoms with Gasteiger partial charge < -0.3 is 4.74 Å². The molecule has 0 aromatic rings. The van der Waals surface area contributed by atoms with Crippen LogP contribution in [0, 0.1) is 17.2 Å². The average molecular weight is 222 g/mol. The number of hydrogen-bond donors (Lipinski definition) is 0. The van der Waals surface area contributed by atoms with Crippen molar-refractivity contribution in [3.63, 3.8) is 0 Å². The van der Waals surface area contributed by atoms with Crippen LogP contribution in [-0.4, -0.2) is 24.3 Å². The molecule has 0 amide bonds. The third-order valence-electron chi connectivity index (χ3n) is 2.89. The van der Waals surface area contributed by atoms with Gasteiger partial charge in [0.1, 0.15) is 11.8 Å². The van der Waals surface area contributed by atoms with Crippen molar-refractivity contribution in [2.75, 3.05) is 6.61 Å². The standard InChI is InChI=1S/C12H18N2O2/c1-3-16-11(15)8-14-12(9-13)6-4-5-10(2)7-12/h8,10H,3-7H2,1-2H3/t10-,12-/m1/s1. The van der Waals surface area contributed by atoms with Crippen molar-refractivity contribution >= 4 is 12.2 Å². The molecule has 0 heterocycles. The minimum atomic E-state index is -0.704. The molecule has 2 atom stereocenters. The lowest BCUT2D eigenvalue weighted by Gasteiger charge is -2.30. The molecule has 1 rings (SSSR count). The lowest BCUT2D eigenvalue weighted by atomic mass is 9.78. The normalized spacial score (nSPS) is 29.9. The van der Waals surface area contributed by atoms with E-state index in [2.05, 4.69) is 18.0 Å². The molecule has 1 aliphatic rings. The Bertz CT molecular complexity index is 319. The summed E-state index contributed by atoms with van der Waals surface area (Å²) in [4.78, 5) is 15.3. The van der Waals surface area contributed by atoms with Gasteiger partial charge in [-0.3, -0.25) is 4.99 Å². The molecule has 0 aromatic carbocycles. The van der Waals surface area contributed by atoms with Crippen LogP contribution in [0.25, 0.3) is 0 Å². The minimum absolute atomic E-state index is 0.334. The number of ether oxygens (including phenoxy) is 1. The van der Waals surface area contributed by atoms with E-state index in [1.807, 2.05) is 0 Å². The molecule has 0 spiro atoms. The van der Waals surface area contributed by atoms with Crippen LogP contribution in [-0.2, 0) is 9.53 Å². The Labute approximate surface area is 96.3 Å². The molecule has 0 unspecified atom stereocenters. The number of esters is 1. The fourth-order valence-corrected chi connectivity index (χ4v) is 2.13. The third-order valence-corrected chi connectivity index (χ3v) is 2.89. The Morgan fingerprint density at radius 1 is 1.75 bits per heavy atom. The second-order valence-corrected chi connectivity index (χ2v) is 4.36. The van der Waals surface area contributed by atoms with E-state index in [1.54, 1.807) is 6.92 Å². The van der Waals surface area contributed by atoms with Gasteiger partial charge in [0.15, 0.2) is 0 Å². The Morgan fingerprint density at radius 2 is 2.50 bits per heavy atom. The van der Waals surface area contributed by atoms with Gasteiger partial charge in [-0.2, -0.15) is 5.26 Å². The van der Waals surface area contributed by atoms with Crippen molar-refractivity contribution in [1.82, 2.24) is 0 Å². The zero-order valence-electron chi connectivity index (χ0n) is 9.90. The SMILES string of the molecule is CCOC(=O)C=N[C@]1(C#N)CCC[C@@H](C)C1. The number of nitrogens with zero attached hydrogens (tertiary/aromatic N) is 2. The second kappa shape index (κ2) is 5.64. The van der Waals surface area contributed by atoms with E-state index in [4.69, 9.17) is 4.74 Å². The summed E-state index contributed by atoms with van der Waals surface area (Å²) in [5, 5.41) is 9.19. The summed E-state index contributed by atoms with van der Waals surface area (Å²) in [6, 6.07) is 2.24. The van der Waals surface area contributed by atoms with Crippen LogP contribution in [0.2, 0.25) is 0 Å². The molecular weight excluding hydrogens is 204 g/mol. The molecule has 16 heavy (non-hydrogen) atoms. The molecule has 4 nitrogen and oxygen atoms in total. The topological polar surface area (TPSA) is 62.4 Å². The number of carbonyl (C=O) groups excluding carboxylic acids is 1. The van der Waals surface area contributed by atoms with E-state index >= 15 is 0 Å². The molecule has 1 aliphatic carbocycles. The summed E-state index contributed by atoms with van der Waals surface area (Å²) in [5.74, 6) is 0.0306. The summed E-state index contributed by atoms with van der Waals surface area (Å²) >= 11 is 0. The number of aliphatic imine (C=N–C) groups is 1. The molecule has 1 fully saturated rings. The van der Waals surface area contributed by atoms with Crippen LogP contribution in [0.4, 0.5) is 0 Å². The van der Waals surface area contributed by atoms with Gasteiger partial charge in [0.25, 0.3) is 0 Å². The van der Waals surface area contributed by atoms with E-state index < -0.39 is 11.5 Å². The van der Waals surface area contributed by atoms with Crippen LogP contribution in [0.15, 0.2) is 4.99 Å². The van der Waals surface area contributed by atoms with Crippen LogP contribution in [0.3, 0.4) is 0 Å². The first kappa shape index (κ1) is 12.7. The van der Waals surface area contributed by atoms with E-state index in [9.17, 15) is 10.1 Å². The van der Waals surface area contributed by atoms with Gasteiger partial charge in [-0.1, -0.05) is 13.3 Å². The Morgan fingerprint density at radius 3 is 3.06 bits per heavy atom. The lowest BCUT2D eigenvalue weighted by Crippen LogP contribution is -2.31. The average Bonchev–Trinajstić information content (AvgIpc) is 2.27. The van der Waals surface area contributed by atoms with Gasteiger partial charge in [0.2, 0.25) is 0 Å². The predicted octanol–water partition coefficient (Wildman–Crippen LogP) is 2.09. The van der Waals surface area contributed by atoms with Crippen molar-refractivity contribution in [2.24, 2.45) is 10.9 Å². The zero-order chi connectivity index (χ0) is 12.0. The van der Waals surface area contributed by atoms with Gasteiger partial charge in [0.05, 0.1) is 12.7 Å². The number of nitriles is 1. The van der Waals surface area contributed by atoms with Gasteiger partial charge in [-0.05, 0) is 32.1 Å². The van der Waals surface area contributed by atoms with Gasteiger partial charge in [0, 0.05) is 0 Å². The van der Waals surface area contributed by atoms with E-state index in [1.165, 1.54) is 0 Å². The first-order valence-corrected chi connectivity index (χ1v) is 5.75. The van der Waals surface area contributed by atoms with Gasteiger partial charge in [-0.15, -0.1) is 0 Å². The third kappa shape index (κ3) is 3.34.